The molecule has 3 N–H and O–H groups in total. The van der Waals surface area contributed by atoms with E-state index in [-0.39, 0.29) is 0 Å². The van der Waals surface area contributed by atoms with Crippen LogP contribution in [0.3, 0.4) is 0 Å². The summed E-state index contributed by atoms with van der Waals surface area (Å²) in [6.45, 7) is 7.94. The van der Waals surface area contributed by atoms with Gasteiger partial charge in [-0.05, 0) is 76.8 Å². The fraction of sp³-hybridized carbons (Fsp3) is 0.464. The largest absolute Gasteiger partial charge is 0.495 e. The Hall–Kier alpha value is -3.95. The summed E-state index contributed by atoms with van der Waals surface area (Å²) in [5, 5.41) is 17.7. The van der Waals surface area contributed by atoms with Crippen LogP contribution in [0.4, 0.5) is 16.2 Å². The zero-order valence-electron chi connectivity index (χ0n) is 22.7. The highest BCUT2D eigenvalue weighted by molar-refractivity contribution is 5.98. The number of benzene rings is 1. The molecule has 1 aliphatic carbocycles. The first kappa shape index (κ1) is 25.7. The van der Waals surface area contributed by atoms with Gasteiger partial charge in [0.2, 0.25) is 0 Å². The lowest BCUT2D eigenvalue weighted by atomic mass is 10.0. The van der Waals surface area contributed by atoms with Crippen LogP contribution in [0.2, 0.25) is 0 Å². The average Bonchev–Trinajstić information content (AvgIpc) is 3.52. The zero-order chi connectivity index (χ0) is 27.4. The molecule has 5 rings (SSSR count). The third-order valence-electron chi connectivity index (χ3n) is 7.13. The van der Waals surface area contributed by atoms with E-state index >= 15 is 0 Å². The van der Waals surface area contributed by atoms with E-state index in [2.05, 4.69) is 10.6 Å². The average molecular weight is 522 g/mol. The van der Waals surface area contributed by atoms with Crippen molar-refractivity contribution in [2.75, 3.05) is 24.4 Å². The molecule has 0 saturated heterocycles. The number of hydrogen-bond donors (Lipinski definition) is 3. The molecule has 202 valence electrons. The molecule has 1 fully saturated rings. The molecule has 0 spiro atoms. The molecule has 10 heteroatoms. The van der Waals surface area contributed by atoms with Crippen molar-refractivity contribution in [3.05, 3.63) is 47.8 Å². The van der Waals surface area contributed by atoms with Crippen molar-refractivity contribution in [1.29, 1.82) is 0 Å². The normalized spacial score (nSPS) is 19.6. The fourth-order valence-corrected chi connectivity index (χ4v) is 5.11. The number of fused-ring (bicyclic) bond motifs is 2. The van der Waals surface area contributed by atoms with Gasteiger partial charge in [0.1, 0.15) is 22.7 Å². The molecule has 1 aliphatic heterocycles. The number of carbonyl (C=O) groups is 2. The van der Waals surface area contributed by atoms with E-state index in [1.807, 2.05) is 68.7 Å². The number of aliphatic carboxylic acids is 1. The minimum Gasteiger partial charge on any atom is -0.495 e. The van der Waals surface area contributed by atoms with Crippen molar-refractivity contribution in [2.24, 2.45) is 5.92 Å². The summed E-state index contributed by atoms with van der Waals surface area (Å²) in [5.74, 6) is 0.0211. The van der Waals surface area contributed by atoms with Gasteiger partial charge in [0.05, 0.1) is 30.2 Å². The summed E-state index contributed by atoms with van der Waals surface area (Å²) in [6, 6.07) is 10.8. The molecule has 2 aromatic heterocycles. The van der Waals surface area contributed by atoms with Gasteiger partial charge in [0.25, 0.3) is 5.66 Å². The first-order valence-corrected chi connectivity index (χ1v) is 12.9. The monoisotopic (exact) mass is 521 g/mol. The number of methoxy groups -OCH3 is 1. The standard InChI is InChI=1S/C28H35N5O5/c1-16(29-26(36)38-27(2,3)4)19-13-12-18-14-22(33(24(18)30-19)15-17-10-11-17)28(25(34)35)31-20-8-7-9-21(37-6)23(20)32(28)5/h7-9,12-14,16-17,31H,10-11,15H2,1-6H3,(H,29,36)(H,34,35)/t16?,28-/m1/s1. The molecule has 3 aromatic rings. The van der Waals surface area contributed by atoms with Crippen molar-refractivity contribution >= 4 is 34.5 Å². The Balaban J connectivity index is 1.59. The number of rotatable bonds is 7. The minimum atomic E-state index is -1.56. The van der Waals surface area contributed by atoms with Crippen LogP contribution in [0.25, 0.3) is 11.0 Å². The minimum absolute atomic E-state index is 0.406. The van der Waals surface area contributed by atoms with Gasteiger partial charge in [-0.15, -0.1) is 0 Å². The van der Waals surface area contributed by atoms with E-state index in [4.69, 9.17) is 14.5 Å². The molecule has 2 aliphatic rings. The maximum atomic E-state index is 13.1. The molecule has 38 heavy (non-hydrogen) atoms. The number of carboxylic acid groups (broad SMARTS) is 1. The quantitative estimate of drug-likeness (QED) is 0.404. The van der Waals surface area contributed by atoms with Crippen LogP contribution in [0.1, 0.15) is 58.0 Å². The number of carbonyl (C=O) groups excluding carboxylic acids is 1. The number of aromatic nitrogens is 2. The number of alkyl carbamates (subject to hydrolysis) is 1. The van der Waals surface area contributed by atoms with Gasteiger partial charge in [-0.2, -0.15) is 0 Å². The Morgan fingerprint density at radius 1 is 1.26 bits per heavy atom. The predicted octanol–water partition coefficient (Wildman–Crippen LogP) is 4.84. The molecule has 2 atom stereocenters. The molecule has 0 radical (unpaired) electrons. The Morgan fingerprint density at radius 2 is 2.00 bits per heavy atom. The highest BCUT2D eigenvalue weighted by atomic mass is 16.6. The Bertz CT molecular complexity index is 1410. The number of nitrogens with zero attached hydrogens (tertiary/aromatic N) is 3. The van der Waals surface area contributed by atoms with Crippen LogP contribution >= 0.6 is 0 Å². The number of likely N-dealkylation sites (N-methyl/N-ethyl adjacent to an activating group) is 1. The van der Waals surface area contributed by atoms with Crippen LogP contribution in [0, 0.1) is 5.92 Å². The number of carboxylic acids is 1. The van der Waals surface area contributed by atoms with E-state index in [1.165, 1.54) is 0 Å². The van der Waals surface area contributed by atoms with E-state index < -0.39 is 29.4 Å². The lowest BCUT2D eigenvalue weighted by Gasteiger charge is -2.34. The number of hydrogen-bond acceptors (Lipinski definition) is 7. The van der Waals surface area contributed by atoms with Crippen molar-refractivity contribution in [1.82, 2.24) is 14.9 Å². The molecule has 1 saturated carbocycles. The van der Waals surface area contributed by atoms with Crippen molar-refractivity contribution < 1.29 is 24.2 Å². The van der Waals surface area contributed by atoms with E-state index in [0.717, 1.165) is 18.2 Å². The molecule has 1 amide bonds. The smallest absolute Gasteiger partial charge is 0.408 e. The topological polar surface area (TPSA) is 118 Å². The number of pyridine rings is 1. The summed E-state index contributed by atoms with van der Waals surface area (Å²) < 4.78 is 13.0. The Morgan fingerprint density at radius 3 is 2.63 bits per heavy atom. The summed E-state index contributed by atoms with van der Waals surface area (Å²) in [4.78, 5) is 32.1. The maximum Gasteiger partial charge on any atom is 0.408 e. The van der Waals surface area contributed by atoms with Crippen molar-refractivity contribution in [3.63, 3.8) is 0 Å². The first-order chi connectivity index (χ1) is 17.9. The summed E-state index contributed by atoms with van der Waals surface area (Å²) in [6.07, 6.45) is 1.66. The van der Waals surface area contributed by atoms with E-state index in [1.54, 1.807) is 19.1 Å². The van der Waals surface area contributed by atoms with Crippen molar-refractivity contribution in [2.45, 2.75) is 64.4 Å². The Labute approximate surface area is 221 Å². The fourth-order valence-electron chi connectivity index (χ4n) is 5.11. The number of nitrogens with one attached hydrogen (secondary N) is 2. The maximum absolute atomic E-state index is 13.1. The predicted molar refractivity (Wildman–Crippen MR) is 145 cm³/mol. The number of anilines is 2. The van der Waals surface area contributed by atoms with Gasteiger partial charge in [-0.3, -0.25) is 0 Å². The van der Waals surface area contributed by atoms with Gasteiger partial charge in [0, 0.05) is 19.0 Å². The van der Waals surface area contributed by atoms with Gasteiger partial charge < -0.3 is 34.7 Å². The third-order valence-corrected chi connectivity index (χ3v) is 7.13. The summed E-state index contributed by atoms with van der Waals surface area (Å²) in [5.41, 5.74) is 1.12. The van der Waals surface area contributed by atoms with Crippen LogP contribution in [0.5, 0.6) is 5.75 Å². The SMILES string of the molecule is COc1cccc2c1N(C)[C@@](C(=O)O)(c1cc3ccc(C(C)NC(=O)OC(C)(C)C)nc3n1CC1CC1)N2. The highest BCUT2D eigenvalue weighted by Gasteiger charge is 2.53. The van der Waals surface area contributed by atoms with Crippen LogP contribution in [-0.2, 0) is 21.7 Å². The third kappa shape index (κ3) is 4.37. The van der Waals surface area contributed by atoms with Crippen LogP contribution in [-0.4, -0.2) is 46.5 Å². The molecule has 1 unspecified atom stereocenters. The number of para-hydroxylation sites is 1. The van der Waals surface area contributed by atoms with E-state index in [9.17, 15) is 14.7 Å². The van der Waals surface area contributed by atoms with Gasteiger partial charge in [-0.25, -0.2) is 14.6 Å². The number of amides is 1. The lowest BCUT2D eigenvalue weighted by molar-refractivity contribution is -0.142. The molecular weight excluding hydrogens is 486 g/mol. The van der Waals surface area contributed by atoms with Crippen molar-refractivity contribution in [3.8, 4) is 5.75 Å². The zero-order valence-corrected chi connectivity index (χ0v) is 22.7. The molecule has 10 nitrogen and oxygen atoms in total. The second-order valence-corrected chi connectivity index (χ2v) is 11.2. The van der Waals surface area contributed by atoms with Crippen LogP contribution in [0.15, 0.2) is 36.4 Å². The first-order valence-electron chi connectivity index (χ1n) is 12.9. The van der Waals surface area contributed by atoms with E-state index in [0.29, 0.717) is 46.6 Å². The van der Waals surface area contributed by atoms with Gasteiger partial charge in [-0.1, -0.05) is 6.07 Å². The number of ether oxygens (including phenoxy) is 2. The lowest BCUT2D eigenvalue weighted by Crippen LogP contribution is -2.54. The van der Waals surface area contributed by atoms with Crippen LogP contribution < -0.4 is 20.3 Å². The van der Waals surface area contributed by atoms with Gasteiger partial charge >= 0.3 is 12.1 Å². The summed E-state index contributed by atoms with van der Waals surface area (Å²) in [7, 11) is 3.34. The second-order valence-electron chi connectivity index (χ2n) is 11.2. The Kier molecular flexibility index (Phi) is 6.16. The summed E-state index contributed by atoms with van der Waals surface area (Å²) >= 11 is 0. The van der Waals surface area contributed by atoms with Gasteiger partial charge in [0.15, 0.2) is 0 Å². The second kappa shape index (κ2) is 9.11. The molecular formula is C28H35N5O5. The molecule has 0 bridgehead atoms. The highest BCUT2D eigenvalue weighted by Crippen LogP contribution is 2.50. The molecule has 1 aromatic carbocycles. The molecule has 3 heterocycles.